The van der Waals surface area contributed by atoms with Crippen LogP contribution in [-0.4, -0.2) is 22.8 Å². The number of hydrogen-bond donors (Lipinski definition) is 1. The van der Waals surface area contributed by atoms with Crippen LogP contribution in [0.2, 0.25) is 0 Å². The van der Waals surface area contributed by atoms with Crippen molar-refractivity contribution in [3.8, 4) is 0 Å². The average Bonchev–Trinajstić information content (AvgIpc) is 2.34. The molecule has 0 aliphatic rings. The molecular formula is C17H28O3. The van der Waals surface area contributed by atoms with Gasteiger partial charge in [0.15, 0.2) is 0 Å². The third kappa shape index (κ3) is 7.95. The number of rotatable bonds is 8. The number of allylic oxidation sites excluding steroid dienone is 2. The minimum atomic E-state index is -0.645. The Morgan fingerprint density at radius 1 is 1.30 bits per heavy atom. The molecule has 0 amide bonds. The van der Waals surface area contributed by atoms with Gasteiger partial charge in [0, 0.05) is 6.92 Å². The molecule has 0 radical (unpaired) electrons. The van der Waals surface area contributed by atoms with E-state index in [0.29, 0.717) is 12.8 Å². The van der Waals surface area contributed by atoms with Crippen LogP contribution < -0.4 is 0 Å². The van der Waals surface area contributed by atoms with E-state index in [1.165, 1.54) is 12.5 Å². The molecular weight excluding hydrogens is 252 g/mol. The Hall–Kier alpha value is -1.35. The fourth-order valence-electron chi connectivity index (χ4n) is 1.78. The molecule has 0 bridgehead atoms. The van der Waals surface area contributed by atoms with Crippen LogP contribution in [0.5, 0.6) is 0 Å². The lowest BCUT2D eigenvalue weighted by atomic mass is 9.98. The summed E-state index contributed by atoms with van der Waals surface area (Å²) in [6.07, 6.45) is 7.23. The maximum atomic E-state index is 11.0. The fraction of sp³-hybridized carbons (Fsp3) is 0.588. The number of carbonyl (C=O) groups excluding carboxylic acids is 1. The second-order valence-electron chi connectivity index (χ2n) is 5.63. The molecule has 0 rings (SSSR count). The van der Waals surface area contributed by atoms with Crippen molar-refractivity contribution in [3.05, 3.63) is 36.0 Å². The summed E-state index contributed by atoms with van der Waals surface area (Å²) in [5.41, 5.74) is 1.50. The second-order valence-corrected chi connectivity index (χ2v) is 5.63. The van der Waals surface area contributed by atoms with Crippen LogP contribution in [0.3, 0.4) is 0 Å². The van der Waals surface area contributed by atoms with Crippen LogP contribution in [-0.2, 0) is 9.53 Å². The van der Waals surface area contributed by atoms with E-state index >= 15 is 0 Å². The van der Waals surface area contributed by atoms with Crippen molar-refractivity contribution >= 4 is 5.97 Å². The first kappa shape index (κ1) is 18.7. The smallest absolute Gasteiger partial charge is 0.303 e. The minimum Gasteiger partial charge on any atom is -0.455 e. The number of aliphatic hydroxyl groups is 1. The summed E-state index contributed by atoms with van der Waals surface area (Å²) in [6, 6.07) is 0. The maximum Gasteiger partial charge on any atom is 0.303 e. The van der Waals surface area contributed by atoms with Crippen molar-refractivity contribution in [2.75, 3.05) is 0 Å². The fourth-order valence-corrected chi connectivity index (χ4v) is 1.78. The van der Waals surface area contributed by atoms with Gasteiger partial charge in [-0.15, -0.1) is 0 Å². The maximum absolute atomic E-state index is 11.0. The molecule has 0 saturated carbocycles. The summed E-state index contributed by atoms with van der Waals surface area (Å²) >= 11 is 0. The molecule has 0 spiro atoms. The molecule has 0 heterocycles. The number of ether oxygens (including phenoxy) is 1. The standard InChI is InChI=1S/C17H28O3/c1-7-17(6,20-15(5)18)12-8-9-14(4)16(19)11-10-13(2)3/h7,9-10,16,19H,1,8,11-12H2,2-6H3/b14-9+. The largest absolute Gasteiger partial charge is 0.455 e. The highest BCUT2D eigenvalue weighted by Gasteiger charge is 2.22. The zero-order valence-electron chi connectivity index (χ0n) is 13.4. The van der Waals surface area contributed by atoms with Gasteiger partial charge in [0.05, 0.1) is 6.10 Å². The van der Waals surface area contributed by atoms with Crippen molar-refractivity contribution < 1.29 is 14.6 Å². The monoisotopic (exact) mass is 280 g/mol. The topological polar surface area (TPSA) is 46.5 Å². The number of carbonyl (C=O) groups is 1. The normalized spacial score (nSPS) is 16.0. The number of aliphatic hydroxyl groups excluding tert-OH is 1. The van der Waals surface area contributed by atoms with Crippen molar-refractivity contribution in [3.63, 3.8) is 0 Å². The van der Waals surface area contributed by atoms with E-state index in [-0.39, 0.29) is 5.97 Å². The van der Waals surface area contributed by atoms with Crippen molar-refractivity contribution in [1.82, 2.24) is 0 Å². The number of esters is 1. The highest BCUT2D eigenvalue weighted by molar-refractivity contribution is 5.66. The van der Waals surface area contributed by atoms with Gasteiger partial charge in [-0.25, -0.2) is 0 Å². The van der Waals surface area contributed by atoms with Gasteiger partial charge < -0.3 is 9.84 Å². The molecule has 1 N–H and O–H groups in total. The van der Waals surface area contributed by atoms with Crippen LogP contribution in [0.1, 0.15) is 53.9 Å². The zero-order chi connectivity index (χ0) is 15.8. The SMILES string of the molecule is C=CC(C)(CC/C=C(\C)C(O)CC=C(C)C)OC(C)=O. The lowest BCUT2D eigenvalue weighted by molar-refractivity contribution is -0.151. The lowest BCUT2D eigenvalue weighted by Gasteiger charge is -2.25. The lowest BCUT2D eigenvalue weighted by Crippen LogP contribution is -2.27. The first-order valence-electron chi connectivity index (χ1n) is 7.01. The molecule has 114 valence electrons. The summed E-state index contributed by atoms with van der Waals surface area (Å²) in [5, 5.41) is 9.98. The van der Waals surface area contributed by atoms with Crippen LogP contribution in [0.4, 0.5) is 0 Å². The summed E-state index contributed by atoms with van der Waals surface area (Å²) in [4.78, 5) is 11.0. The van der Waals surface area contributed by atoms with Gasteiger partial charge in [0.25, 0.3) is 0 Å². The Labute approximate surface area is 123 Å². The van der Waals surface area contributed by atoms with Gasteiger partial charge in [-0.05, 0) is 58.6 Å². The van der Waals surface area contributed by atoms with E-state index in [1.807, 2.05) is 39.8 Å². The Kier molecular flexibility index (Phi) is 8.16. The van der Waals surface area contributed by atoms with Gasteiger partial charge in [0.2, 0.25) is 0 Å². The Balaban J connectivity index is 4.43. The molecule has 0 fully saturated rings. The molecule has 0 aliphatic heterocycles. The van der Waals surface area contributed by atoms with Crippen molar-refractivity contribution in [2.24, 2.45) is 0 Å². The quantitative estimate of drug-likeness (QED) is 0.541. The minimum absolute atomic E-state index is 0.309. The summed E-state index contributed by atoms with van der Waals surface area (Å²) < 4.78 is 5.25. The molecule has 0 aromatic heterocycles. The summed E-state index contributed by atoms with van der Waals surface area (Å²) in [6.45, 7) is 12.9. The van der Waals surface area contributed by atoms with Crippen molar-refractivity contribution in [2.45, 2.75) is 65.6 Å². The molecule has 2 unspecified atom stereocenters. The first-order valence-corrected chi connectivity index (χ1v) is 7.01. The highest BCUT2D eigenvalue weighted by atomic mass is 16.6. The van der Waals surface area contributed by atoms with Crippen LogP contribution in [0, 0.1) is 0 Å². The van der Waals surface area contributed by atoms with E-state index in [9.17, 15) is 9.90 Å². The summed E-state index contributed by atoms with van der Waals surface area (Å²) in [5.74, 6) is -0.309. The van der Waals surface area contributed by atoms with Crippen molar-refractivity contribution in [1.29, 1.82) is 0 Å². The van der Waals surface area contributed by atoms with Gasteiger partial charge in [-0.2, -0.15) is 0 Å². The van der Waals surface area contributed by atoms with E-state index in [4.69, 9.17) is 4.74 Å². The van der Waals surface area contributed by atoms with Crippen LogP contribution in [0.15, 0.2) is 36.0 Å². The highest BCUT2D eigenvalue weighted by Crippen LogP contribution is 2.21. The van der Waals surface area contributed by atoms with Gasteiger partial charge in [-0.1, -0.05) is 24.3 Å². The molecule has 2 atom stereocenters. The van der Waals surface area contributed by atoms with E-state index in [2.05, 4.69) is 6.58 Å². The summed E-state index contributed by atoms with van der Waals surface area (Å²) in [7, 11) is 0. The van der Waals surface area contributed by atoms with Gasteiger partial charge in [0.1, 0.15) is 5.60 Å². The number of hydrogen-bond acceptors (Lipinski definition) is 3. The molecule has 0 aromatic carbocycles. The first-order chi connectivity index (χ1) is 9.20. The Morgan fingerprint density at radius 3 is 2.35 bits per heavy atom. The molecule has 0 aliphatic carbocycles. The predicted octanol–water partition coefficient (Wildman–Crippen LogP) is 3.94. The van der Waals surface area contributed by atoms with E-state index in [1.54, 1.807) is 6.08 Å². The third-order valence-electron chi connectivity index (χ3n) is 3.19. The second kappa shape index (κ2) is 8.75. The Morgan fingerprint density at radius 2 is 1.90 bits per heavy atom. The molecule has 3 heteroatoms. The van der Waals surface area contributed by atoms with E-state index < -0.39 is 11.7 Å². The van der Waals surface area contributed by atoms with E-state index in [0.717, 1.165) is 12.0 Å². The predicted molar refractivity (Wildman–Crippen MR) is 83.4 cm³/mol. The molecule has 20 heavy (non-hydrogen) atoms. The van der Waals surface area contributed by atoms with Crippen LogP contribution >= 0.6 is 0 Å². The molecule has 0 saturated heterocycles. The average molecular weight is 280 g/mol. The molecule has 3 nitrogen and oxygen atoms in total. The zero-order valence-corrected chi connectivity index (χ0v) is 13.4. The molecule has 0 aromatic rings. The van der Waals surface area contributed by atoms with Gasteiger partial charge >= 0.3 is 5.97 Å². The Bertz CT molecular complexity index is 389. The van der Waals surface area contributed by atoms with Crippen LogP contribution in [0.25, 0.3) is 0 Å². The third-order valence-corrected chi connectivity index (χ3v) is 3.19. The van der Waals surface area contributed by atoms with Gasteiger partial charge in [-0.3, -0.25) is 4.79 Å².